The van der Waals surface area contributed by atoms with E-state index < -0.39 is 0 Å². The minimum absolute atomic E-state index is 0.590. The minimum atomic E-state index is 0.590. The third-order valence-electron chi connectivity index (χ3n) is 5.02. The Hall–Kier alpha value is -1.60. The first-order chi connectivity index (χ1) is 10.0. The van der Waals surface area contributed by atoms with E-state index in [0.29, 0.717) is 16.5 Å². The molecule has 0 aliphatic heterocycles. The van der Waals surface area contributed by atoms with Crippen LogP contribution in [0.1, 0.15) is 43.3 Å². The van der Waals surface area contributed by atoms with E-state index in [-0.39, 0.29) is 0 Å². The van der Waals surface area contributed by atoms with E-state index in [0.717, 1.165) is 34.9 Å². The van der Waals surface area contributed by atoms with E-state index in [1.165, 1.54) is 29.0 Å². The summed E-state index contributed by atoms with van der Waals surface area (Å²) in [6, 6.07) is 4.35. The largest absolute Gasteiger partial charge is 0.396 e. The molecule has 3 rings (SSSR count). The summed E-state index contributed by atoms with van der Waals surface area (Å²) in [4.78, 5) is 6.28. The second-order valence-electron chi connectivity index (χ2n) is 6.51. The lowest BCUT2D eigenvalue weighted by molar-refractivity contribution is 0.251. The van der Waals surface area contributed by atoms with Gasteiger partial charge < -0.3 is 5.73 Å². The number of nitrogens with two attached hydrogens (primary N) is 1. The minimum Gasteiger partial charge on any atom is -0.396 e. The van der Waals surface area contributed by atoms with E-state index in [1.54, 1.807) is 0 Å². The van der Waals surface area contributed by atoms with Crippen molar-refractivity contribution in [2.45, 2.75) is 40.0 Å². The predicted molar refractivity (Wildman–Crippen MR) is 88.3 cm³/mol. The highest BCUT2D eigenvalue weighted by Crippen LogP contribution is 2.38. The zero-order valence-corrected chi connectivity index (χ0v) is 13.6. The predicted octanol–water partition coefficient (Wildman–Crippen LogP) is 4.15. The fourth-order valence-corrected chi connectivity index (χ4v) is 4.19. The van der Waals surface area contributed by atoms with Crippen LogP contribution in [0.15, 0.2) is 6.07 Å². The van der Waals surface area contributed by atoms with Crippen molar-refractivity contribution in [1.29, 1.82) is 5.26 Å². The summed E-state index contributed by atoms with van der Waals surface area (Å²) in [5.74, 6) is 2.17. The molecule has 0 saturated carbocycles. The molecule has 2 heterocycles. The maximum absolute atomic E-state index is 9.11. The lowest BCUT2D eigenvalue weighted by Crippen LogP contribution is -2.24. The van der Waals surface area contributed by atoms with Gasteiger partial charge in [-0.3, -0.25) is 0 Å². The average Bonchev–Trinajstić information content (AvgIpc) is 2.79. The third kappa shape index (κ3) is 2.40. The Morgan fingerprint density at radius 2 is 2.19 bits per heavy atom. The van der Waals surface area contributed by atoms with Gasteiger partial charge in [0.1, 0.15) is 15.8 Å². The molecule has 2 unspecified atom stereocenters. The summed E-state index contributed by atoms with van der Waals surface area (Å²) in [6.45, 7) is 6.97. The second-order valence-corrected chi connectivity index (χ2v) is 7.51. The Morgan fingerprint density at radius 3 is 2.86 bits per heavy atom. The van der Waals surface area contributed by atoms with Crippen molar-refractivity contribution in [3.8, 4) is 6.07 Å². The SMILES string of the molecule is CC(C)C(C)C1CCc2nc3sc(C#N)c(N)c3cc2C1. The van der Waals surface area contributed by atoms with Crippen LogP contribution in [0.4, 0.5) is 5.69 Å². The topological polar surface area (TPSA) is 62.7 Å². The van der Waals surface area contributed by atoms with E-state index in [9.17, 15) is 0 Å². The molecule has 0 fully saturated rings. The second kappa shape index (κ2) is 5.31. The van der Waals surface area contributed by atoms with Gasteiger partial charge in [0.25, 0.3) is 0 Å². The number of nitrogen functional groups attached to an aromatic ring is 1. The molecule has 1 aliphatic rings. The Balaban J connectivity index is 2.01. The lowest BCUT2D eigenvalue weighted by Gasteiger charge is -2.31. The molecule has 2 aromatic heterocycles. The number of aromatic nitrogens is 1. The Morgan fingerprint density at radius 1 is 1.43 bits per heavy atom. The van der Waals surface area contributed by atoms with Crippen LogP contribution in [0.25, 0.3) is 10.2 Å². The number of thiophene rings is 1. The Labute approximate surface area is 129 Å². The molecule has 0 radical (unpaired) electrons. The molecule has 2 atom stereocenters. The van der Waals surface area contributed by atoms with Gasteiger partial charge in [-0.25, -0.2) is 4.98 Å². The highest BCUT2D eigenvalue weighted by atomic mass is 32.1. The summed E-state index contributed by atoms with van der Waals surface area (Å²) in [7, 11) is 0. The molecular formula is C17H21N3S. The number of pyridine rings is 1. The van der Waals surface area contributed by atoms with Crippen molar-refractivity contribution < 1.29 is 0 Å². The maximum Gasteiger partial charge on any atom is 0.130 e. The van der Waals surface area contributed by atoms with Crippen LogP contribution in [-0.2, 0) is 12.8 Å². The number of nitrogens with zero attached hydrogens (tertiary/aromatic N) is 2. The number of anilines is 1. The fraction of sp³-hybridized carbons (Fsp3) is 0.529. The normalized spacial score (nSPS) is 19.5. The number of hydrogen-bond acceptors (Lipinski definition) is 4. The van der Waals surface area contributed by atoms with Gasteiger partial charge in [0, 0.05) is 11.1 Å². The fourth-order valence-electron chi connectivity index (χ4n) is 3.29. The number of nitriles is 1. The van der Waals surface area contributed by atoms with Crippen molar-refractivity contribution in [1.82, 2.24) is 4.98 Å². The molecule has 21 heavy (non-hydrogen) atoms. The molecular weight excluding hydrogens is 278 g/mol. The van der Waals surface area contributed by atoms with Crippen molar-refractivity contribution in [2.75, 3.05) is 5.73 Å². The van der Waals surface area contributed by atoms with E-state index >= 15 is 0 Å². The third-order valence-corrected chi connectivity index (χ3v) is 6.04. The zero-order chi connectivity index (χ0) is 15.1. The van der Waals surface area contributed by atoms with Gasteiger partial charge >= 0.3 is 0 Å². The summed E-state index contributed by atoms with van der Waals surface area (Å²) in [5.41, 5.74) is 9.22. The van der Waals surface area contributed by atoms with Crippen LogP contribution in [0, 0.1) is 29.1 Å². The van der Waals surface area contributed by atoms with Gasteiger partial charge in [-0.15, -0.1) is 11.3 Å². The van der Waals surface area contributed by atoms with Crippen molar-refractivity contribution in [3.63, 3.8) is 0 Å². The molecule has 0 bridgehead atoms. The van der Waals surface area contributed by atoms with Crippen LogP contribution >= 0.6 is 11.3 Å². The summed E-state index contributed by atoms with van der Waals surface area (Å²) in [5, 5.41) is 10.1. The van der Waals surface area contributed by atoms with Crippen LogP contribution in [0.2, 0.25) is 0 Å². The molecule has 4 heteroatoms. The average molecular weight is 299 g/mol. The van der Waals surface area contributed by atoms with Gasteiger partial charge in [-0.1, -0.05) is 20.8 Å². The summed E-state index contributed by atoms with van der Waals surface area (Å²) < 4.78 is 0. The van der Waals surface area contributed by atoms with Gasteiger partial charge in [-0.05, 0) is 48.6 Å². The highest BCUT2D eigenvalue weighted by Gasteiger charge is 2.27. The number of rotatable bonds is 2. The maximum atomic E-state index is 9.11. The van der Waals surface area contributed by atoms with Crippen molar-refractivity contribution in [2.24, 2.45) is 17.8 Å². The molecule has 0 spiro atoms. The van der Waals surface area contributed by atoms with Gasteiger partial charge in [0.2, 0.25) is 0 Å². The number of fused-ring (bicyclic) bond motifs is 2. The molecule has 0 amide bonds. The number of hydrogen-bond donors (Lipinski definition) is 1. The lowest BCUT2D eigenvalue weighted by atomic mass is 9.75. The van der Waals surface area contributed by atoms with Crippen LogP contribution < -0.4 is 5.73 Å². The number of aryl methyl sites for hydroxylation is 1. The zero-order valence-electron chi connectivity index (χ0n) is 12.8. The Bertz CT molecular complexity index is 724. The van der Waals surface area contributed by atoms with Gasteiger partial charge in [-0.2, -0.15) is 5.26 Å². The highest BCUT2D eigenvalue weighted by molar-refractivity contribution is 7.19. The standard InChI is InChI=1S/C17H21N3S/c1-9(2)10(3)11-4-5-14-12(6-11)7-13-16(19)15(8-18)21-17(13)20-14/h7,9-11H,4-6,19H2,1-3H3. The van der Waals surface area contributed by atoms with Crippen molar-refractivity contribution in [3.05, 3.63) is 22.2 Å². The molecule has 3 nitrogen and oxygen atoms in total. The van der Waals surface area contributed by atoms with E-state index in [4.69, 9.17) is 16.0 Å². The first kappa shape index (κ1) is 14.3. The monoisotopic (exact) mass is 299 g/mol. The molecule has 2 aromatic rings. The quantitative estimate of drug-likeness (QED) is 0.906. The first-order valence-electron chi connectivity index (χ1n) is 7.62. The molecule has 2 N–H and O–H groups in total. The molecule has 110 valence electrons. The molecule has 0 saturated heterocycles. The molecule has 1 aliphatic carbocycles. The summed E-state index contributed by atoms with van der Waals surface area (Å²) in [6.07, 6.45) is 3.36. The van der Waals surface area contributed by atoms with E-state index in [1.807, 2.05) is 0 Å². The smallest absolute Gasteiger partial charge is 0.130 e. The van der Waals surface area contributed by atoms with Crippen LogP contribution in [0.5, 0.6) is 0 Å². The first-order valence-corrected chi connectivity index (χ1v) is 8.43. The summed E-state index contributed by atoms with van der Waals surface area (Å²) >= 11 is 1.41. The van der Waals surface area contributed by atoms with Crippen LogP contribution in [-0.4, -0.2) is 4.98 Å². The van der Waals surface area contributed by atoms with Crippen molar-refractivity contribution >= 4 is 27.2 Å². The van der Waals surface area contributed by atoms with Gasteiger partial charge in [0.15, 0.2) is 0 Å². The van der Waals surface area contributed by atoms with Crippen LogP contribution in [0.3, 0.4) is 0 Å². The molecule has 0 aromatic carbocycles. The van der Waals surface area contributed by atoms with E-state index in [2.05, 4.69) is 32.9 Å². The van der Waals surface area contributed by atoms with Gasteiger partial charge in [0.05, 0.1) is 5.69 Å². The Kier molecular flexibility index (Phi) is 3.62.